The molecule has 2 rings (SSSR count). The third-order valence-electron chi connectivity index (χ3n) is 2.42. The van der Waals surface area contributed by atoms with Gasteiger partial charge in [-0.05, 0) is 24.3 Å². The second kappa shape index (κ2) is 6.77. The van der Waals surface area contributed by atoms with Gasteiger partial charge >= 0.3 is 0 Å². The maximum absolute atomic E-state index is 11.8. The van der Waals surface area contributed by atoms with Crippen LogP contribution in [0.5, 0.6) is 11.6 Å². The van der Waals surface area contributed by atoms with Crippen molar-refractivity contribution in [1.82, 2.24) is 4.98 Å². The van der Waals surface area contributed by atoms with Crippen LogP contribution >= 0.6 is 11.6 Å². The minimum atomic E-state index is -0.323. The topological polar surface area (TPSA) is 60.5 Å². The molecule has 2 aromatic rings. The molecule has 0 saturated carbocycles. The fourth-order valence-electron chi connectivity index (χ4n) is 1.54. The molecule has 0 aliphatic heterocycles. The molecule has 0 saturated heterocycles. The van der Waals surface area contributed by atoms with E-state index in [0.717, 1.165) is 0 Å². The second-order valence-corrected chi connectivity index (χ2v) is 4.29. The molecule has 6 heteroatoms. The molecule has 0 spiro atoms. The molecule has 104 valence electrons. The van der Waals surface area contributed by atoms with Crippen LogP contribution in [-0.4, -0.2) is 24.6 Å². The highest BCUT2D eigenvalue weighted by Gasteiger charge is 2.09. The van der Waals surface area contributed by atoms with Crippen LogP contribution in [0.1, 0.15) is 0 Å². The van der Waals surface area contributed by atoms with E-state index in [1.807, 2.05) is 0 Å². The Balaban J connectivity index is 1.96. The molecular weight excluding hydrogens is 280 g/mol. The molecule has 5 nitrogen and oxygen atoms in total. The van der Waals surface area contributed by atoms with E-state index in [4.69, 9.17) is 21.1 Å². The van der Waals surface area contributed by atoms with Crippen molar-refractivity contribution in [2.24, 2.45) is 0 Å². The Kier molecular flexibility index (Phi) is 4.79. The van der Waals surface area contributed by atoms with Crippen molar-refractivity contribution in [3.63, 3.8) is 0 Å². The van der Waals surface area contributed by atoms with Crippen LogP contribution in [0, 0.1) is 0 Å². The van der Waals surface area contributed by atoms with Gasteiger partial charge in [0.25, 0.3) is 5.91 Å². The molecule has 0 fully saturated rings. The third kappa shape index (κ3) is 3.86. The Bertz CT molecular complexity index is 590. The SMILES string of the molecule is COc1ccc(Cl)cc1NC(=O)COc1ccccn1. The van der Waals surface area contributed by atoms with Gasteiger partial charge in [0.15, 0.2) is 6.61 Å². The number of nitrogens with one attached hydrogen (secondary N) is 1. The number of carbonyl (C=O) groups is 1. The highest BCUT2D eigenvalue weighted by molar-refractivity contribution is 6.31. The number of halogens is 1. The van der Waals surface area contributed by atoms with Gasteiger partial charge in [0.2, 0.25) is 5.88 Å². The number of amides is 1. The quantitative estimate of drug-likeness (QED) is 0.920. The summed E-state index contributed by atoms with van der Waals surface area (Å²) in [5.74, 6) is 0.595. The maximum Gasteiger partial charge on any atom is 0.262 e. The number of methoxy groups -OCH3 is 1. The summed E-state index contributed by atoms with van der Waals surface area (Å²) in [5, 5.41) is 3.18. The number of benzene rings is 1. The zero-order valence-corrected chi connectivity index (χ0v) is 11.6. The van der Waals surface area contributed by atoms with Gasteiger partial charge in [0.1, 0.15) is 5.75 Å². The van der Waals surface area contributed by atoms with Gasteiger partial charge in [-0.15, -0.1) is 0 Å². The van der Waals surface area contributed by atoms with Crippen molar-refractivity contribution >= 4 is 23.2 Å². The highest BCUT2D eigenvalue weighted by Crippen LogP contribution is 2.27. The summed E-state index contributed by atoms with van der Waals surface area (Å²) in [6, 6.07) is 10.2. The van der Waals surface area contributed by atoms with Crippen molar-refractivity contribution in [2.45, 2.75) is 0 Å². The molecule has 0 unspecified atom stereocenters. The minimum Gasteiger partial charge on any atom is -0.495 e. The van der Waals surface area contributed by atoms with Gasteiger partial charge in [-0.1, -0.05) is 17.7 Å². The van der Waals surface area contributed by atoms with Crippen molar-refractivity contribution in [3.05, 3.63) is 47.6 Å². The first-order valence-corrected chi connectivity index (χ1v) is 6.24. The van der Waals surface area contributed by atoms with E-state index in [-0.39, 0.29) is 12.5 Å². The Labute approximate surface area is 121 Å². The molecule has 0 atom stereocenters. The fraction of sp³-hybridized carbons (Fsp3) is 0.143. The Morgan fingerprint density at radius 3 is 2.90 bits per heavy atom. The van der Waals surface area contributed by atoms with Crippen molar-refractivity contribution in [2.75, 3.05) is 19.0 Å². The van der Waals surface area contributed by atoms with Crippen LogP contribution in [0.3, 0.4) is 0 Å². The summed E-state index contributed by atoms with van der Waals surface area (Å²) < 4.78 is 10.4. The summed E-state index contributed by atoms with van der Waals surface area (Å²) in [4.78, 5) is 15.8. The van der Waals surface area contributed by atoms with Crippen LogP contribution < -0.4 is 14.8 Å². The van der Waals surface area contributed by atoms with Crippen LogP contribution in [-0.2, 0) is 4.79 Å². The molecule has 20 heavy (non-hydrogen) atoms. The predicted octanol–water partition coefficient (Wildman–Crippen LogP) is 2.76. The van der Waals surface area contributed by atoms with Gasteiger partial charge in [0, 0.05) is 17.3 Å². The lowest BCUT2D eigenvalue weighted by molar-refractivity contribution is -0.118. The summed E-state index contributed by atoms with van der Waals surface area (Å²) in [6.45, 7) is -0.146. The largest absolute Gasteiger partial charge is 0.495 e. The van der Waals surface area contributed by atoms with Gasteiger partial charge in [-0.25, -0.2) is 4.98 Å². The van der Waals surface area contributed by atoms with Crippen LogP contribution in [0.15, 0.2) is 42.6 Å². The number of hydrogen-bond acceptors (Lipinski definition) is 4. The van der Waals surface area contributed by atoms with E-state index in [0.29, 0.717) is 22.3 Å². The lowest BCUT2D eigenvalue weighted by Gasteiger charge is -2.10. The van der Waals surface area contributed by atoms with E-state index in [9.17, 15) is 4.79 Å². The summed E-state index contributed by atoms with van der Waals surface area (Å²) in [7, 11) is 1.52. The number of nitrogens with zero attached hydrogens (tertiary/aromatic N) is 1. The molecule has 0 aliphatic carbocycles. The lowest BCUT2D eigenvalue weighted by Crippen LogP contribution is -2.20. The fourth-order valence-corrected chi connectivity index (χ4v) is 1.71. The highest BCUT2D eigenvalue weighted by atomic mass is 35.5. The lowest BCUT2D eigenvalue weighted by atomic mass is 10.3. The first-order valence-electron chi connectivity index (χ1n) is 5.86. The average molecular weight is 293 g/mol. The van der Waals surface area contributed by atoms with Crippen LogP contribution in [0.4, 0.5) is 5.69 Å². The molecule has 1 aromatic heterocycles. The van der Waals surface area contributed by atoms with E-state index in [1.54, 1.807) is 42.6 Å². The van der Waals surface area contributed by atoms with Crippen LogP contribution in [0.2, 0.25) is 5.02 Å². The first-order chi connectivity index (χ1) is 9.69. The van der Waals surface area contributed by atoms with Gasteiger partial charge in [0.05, 0.1) is 12.8 Å². The molecule has 0 bridgehead atoms. The molecule has 1 aromatic carbocycles. The number of anilines is 1. The number of hydrogen-bond donors (Lipinski definition) is 1. The summed E-state index contributed by atoms with van der Waals surface area (Å²) >= 11 is 5.88. The number of pyridine rings is 1. The first kappa shape index (κ1) is 14.1. The third-order valence-corrected chi connectivity index (χ3v) is 2.66. The predicted molar refractivity (Wildman–Crippen MR) is 76.4 cm³/mol. The smallest absolute Gasteiger partial charge is 0.262 e. The Morgan fingerprint density at radius 1 is 1.35 bits per heavy atom. The zero-order valence-electron chi connectivity index (χ0n) is 10.8. The molecular formula is C14H13ClN2O3. The summed E-state index contributed by atoms with van der Waals surface area (Å²) in [6.07, 6.45) is 1.59. The number of rotatable bonds is 5. The standard InChI is InChI=1S/C14H13ClN2O3/c1-19-12-6-5-10(15)8-11(12)17-13(18)9-20-14-4-2-3-7-16-14/h2-8H,9H2,1H3,(H,17,18). The van der Waals surface area contributed by atoms with Gasteiger partial charge in [-0.3, -0.25) is 4.79 Å². The maximum atomic E-state index is 11.8. The van der Waals surface area contributed by atoms with E-state index >= 15 is 0 Å². The van der Waals surface area contributed by atoms with E-state index < -0.39 is 0 Å². The minimum absolute atomic E-state index is 0.146. The number of carbonyl (C=O) groups excluding carboxylic acids is 1. The number of aromatic nitrogens is 1. The Morgan fingerprint density at radius 2 is 2.20 bits per heavy atom. The Hall–Kier alpha value is -2.27. The van der Waals surface area contributed by atoms with E-state index in [2.05, 4.69) is 10.3 Å². The molecule has 0 radical (unpaired) electrons. The van der Waals surface area contributed by atoms with Gasteiger partial charge < -0.3 is 14.8 Å². The molecule has 1 amide bonds. The van der Waals surface area contributed by atoms with Crippen molar-refractivity contribution < 1.29 is 14.3 Å². The molecule has 0 aliphatic rings. The molecule has 1 N–H and O–H groups in total. The van der Waals surface area contributed by atoms with Crippen molar-refractivity contribution in [3.8, 4) is 11.6 Å². The normalized spacial score (nSPS) is 9.90. The second-order valence-electron chi connectivity index (χ2n) is 3.85. The molecule has 1 heterocycles. The summed E-state index contributed by atoms with van der Waals surface area (Å²) in [5.41, 5.74) is 0.495. The van der Waals surface area contributed by atoms with Crippen LogP contribution in [0.25, 0.3) is 0 Å². The monoisotopic (exact) mass is 292 g/mol. The average Bonchev–Trinajstić information content (AvgIpc) is 2.46. The van der Waals surface area contributed by atoms with E-state index in [1.165, 1.54) is 7.11 Å². The zero-order chi connectivity index (χ0) is 14.4. The number of ether oxygens (including phenoxy) is 2. The van der Waals surface area contributed by atoms with Gasteiger partial charge in [-0.2, -0.15) is 0 Å². The van der Waals surface area contributed by atoms with Crippen molar-refractivity contribution in [1.29, 1.82) is 0 Å².